The zero-order chi connectivity index (χ0) is 29.1. The first kappa shape index (κ1) is 29.1. The van der Waals surface area contributed by atoms with Crippen LogP contribution in [-0.2, 0) is 25.4 Å². The molecule has 41 heavy (non-hydrogen) atoms. The van der Waals surface area contributed by atoms with Crippen LogP contribution in [0.4, 0.5) is 17.6 Å². The quantitative estimate of drug-likeness (QED) is 0.267. The average molecular weight is 566 g/mol. The maximum Gasteiger partial charge on any atom is 0.416 e. The predicted molar refractivity (Wildman–Crippen MR) is 154 cm³/mol. The third-order valence-electron chi connectivity index (χ3n) is 8.36. The zero-order valence-electron chi connectivity index (χ0n) is 23.2. The van der Waals surface area contributed by atoms with E-state index in [1.807, 2.05) is 18.2 Å². The minimum absolute atomic E-state index is 0.205. The number of hydrogen-bond acceptors (Lipinski definition) is 2. The van der Waals surface area contributed by atoms with Crippen LogP contribution in [0.1, 0.15) is 75.5 Å². The second kappa shape index (κ2) is 12.2. The summed E-state index contributed by atoms with van der Waals surface area (Å²) in [5, 5.41) is 9.59. The fraction of sp³-hybridized carbons (Fsp3) is 0.382. The topological polar surface area (TPSA) is 40.5 Å². The van der Waals surface area contributed by atoms with Gasteiger partial charge in [0.15, 0.2) is 0 Å². The van der Waals surface area contributed by atoms with Gasteiger partial charge in [0.25, 0.3) is 0 Å². The van der Waals surface area contributed by atoms with Crippen LogP contribution in [0.5, 0.6) is 0 Å². The van der Waals surface area contributed by atoms with Gasteiger partial charge in [-0.3, -0.25) is 4.39 Å². The SMILES string of the molecule is CCc1c(C2=C(c3ccc(CC4CN(CCCF)C4)cc3)c3ccc(C(=O)O)cc3CCC2)cccc1C(F)(F)F. The van der Waals surface area contributed by atoms with Gasteiger partial charge in [-0.1, -0.05) is 49.4 Å². The molecule has 0 radical (unpaired) electrons. The summed E-state index contributed by atoms with van der Waals surface area (Å²) in [5.41, 5.74) is 6.10. The van der Waals surface area contributed by atoms with Gasteiger partial charge in [0.05, 0.1) is 17.8 Å². The van der Waals surface area contributed by atoms with Crippen molar-refractivity contribution in [1.29, 1.82) is 0 Å². The van der Waals surface area contributed by atoms with Crippen molar-refractivity contribution in [3.8, 4) is 0 Å². The van der Waals surface area contributed by atoms with Gasteiger partial charge < -0.3 is 10.0 Å². The van der Waals surface area contributed by atoms with E-state index < -0.39 is 17.7 Å². The van der Waals surface area contributed by atoms with E-state index in [1.54, 1.807) is 25.1 Å². The van der Waals surface area contributed by atoms with Crippen molar-refractivity contribution in [2.45, 2.75) is 51.6 Å². The first-order valence-corrected chi connectivity index (χ1v) is 14.4. The molecule has 1 fully saturated rings. The number of aromatic carboxylic acids is 1. The molecule has 1 heterocycles. The van der Waals surface area contributed by atoms with Crippen molar-refractivity contribution in [3.63, 3.8) is 0 Å². The summed E-state index contributed by atoms with van der Waals surface area (Å²) in [4.78, 5) is 14.0. The molecule has 0 spiro atoms. The fourth-order valence-electron chi connectivity index (χ4n) is 6.45. The Hall–Kier alpha value is -3.45. The number of likely N-dealkylation sites (tertiary alicyclic amines) is 1. The maximum atomic E-state index is 14.0. The summed E-state index contributed by atoms with van der Waals surface area (Å²) in [6.45, 7) is 4.19. The fourth-order valence-corrected chi connectivity index (χ4v) is 6.45. The van der Waals surface area contributed by atoms with Gasteiger partial charge in [0.1, 0.15) is 0 Å². The van der Waals surface area contributed by atoms with Crippen LogP contribution in [0.15, 0.2) is 60.7 Å². The van der Waals surface area contributed by atoms with Gasteiger partial charge in [0, 0.05) is 19.6 Å². The molecule has 2 aliphatic rings. The Kier molecular flexibility index (Phi) is 8.64. The van der Waals surface area contributed by atoms with E-state index in [0.29, 0.717) is 37.2 Å². The Labute approximate surface area is 238 Å². The maximum absolute atomic E-state index is 14.0. The third-order valence-corrected chi connectivity index (χ3v) is 8.36. The van der Waals surface area contributed by atoms with E-state index in [2.05, 4.69) is 17.0 Å². The molecule has 1 aliphatic heterocycles. The van der Waals surface area contributed by atoms with E-state index >= 15 is 0 Å². The molecule has 5 rings (SSSR count). The van der Waals surface area contributed by atoms with Crippen LogP contribution in [0.2, 0.25) is 0 Å². The van der Waals surface area contributed by atoms with Crippen LogP contribution in [0.25, 0.3) is 11.1 Å². The number of fused-ring (bicyclic) bond motifs is 1. The Morgan fingerprint density at radius 2 is 1.76 bits per heavy atom. The number of rotatable bonds is 9. The Bertz CT molecular complexity index is 1440. The van der Waals surface area contributed by atoms with Crippen molar-refractivity contribution in [1.82, 2.24) is 4.90 Å². The van der Waals surface area contributed by atoms with Crippen molar-refractivity contribution in [3.05, 3.63) is 105 Å². The van der Waals surface area contributed by atoms with Gasteiger partial charge in [-0.05, 0) is 107 Å². The van der Waals surface area contributed by atoms with Gasteiger partial charge in [-0.2, -0.15) is 13.2 Å². The minimum Gasteiger partial charge on any atom is -0.478 e. The molecule has 0 atom stereocenters. The number of benzene rings is 3. The van der Waals surface area contributed by atoms with Gasteiger partial charge >= 0.3 is 12.1 Å². The summed E-state index contributed by atoms with van der Waals surface area (Å²) in [6, 6.07) is 17.8. The summed E-state index contributed by atoms with van der Waals surface area (Å²) in [7, 11) is 0. The third kappa shape index (κ3) is 6.25. The molecule has 0 aromatic heterocycles. The minimum atomic E-state index is -4.45. The van der Waals surface area contributed by atoms with E-state index in [0.717, 1.165) is 60.0 Å². The number of carboxylic acids is 1. The molecule has 0 unspecified atom stereocenters. The predicted octanol–water partition coefficient (Wildman–Crippen LogP) is 8.10. The Balaban J connectivity index is 1.58. The number of aryl methyl sites for hydroxylation is 1. The number of halogens is 4. The smallest absolute Gasteiger partial charge is 0.416 e. The second-order valence-corrected chi connectivity index (χ2v) is 11.1. The number of allylic oxidation sites excluding steroid dienone is 1. The molecular formula is C34H35F4NO2. The average Bonchev–Trinajstić information content (AvgIpc) is 3.12. The van der Waals surface area contributed by atoms with Crippen molar-refractivity contribution in [2.75, 3.05) is 26.3 Å². The number of hydrogen-bond donors (Lipinski definition) is 1. The zero-order valence-corrected chi connectivity index (χ0v) is 23.2. The molecule has 1 saturated heterocycles. The largest absolute Gasteiger partial charge is 0.478 e. The molecule has 3 nitrogen and oxygen atoms in total. The molecule has 0 bridgehead atoms. The highest BCUT2D eigenvalue weighted by Crippen LogP contribution is 2.43. The number of nitrogens with zero attached hydrogens (tertiary/aromatic N) is 1. The Morgan fingerprint density at radius 1 is 1.00 bits per heavy atom. The Morgan fingerprint density at radius 3 is 2.41 bits per heavy atom. The normalized spacial score (nSPS) is 16.3. The van der Waals surface area contributed by atoms with Crippen LogP contribution >= 0.6 is 0 Å². The van der Waals surface area contributed by atoms with E-state index in [-0.39, 0.29) is 24.2 Å². The number of alkyl halides is 4. The van der Waals surface area contributed by atoms with Crippen LogP contribution in [0.3, 0.4) is 0 Å². The lowest BCUT2D eigenvalue weighted by Crippen LogP contribution is -2.47. The molecular weight excluding hydrogens is 530 g/mol. The van der Waals surface area contributed by atoms with Gasteiger partial charge in [0.2, 0.25) is 0 Å². The van der Waals surface area contributed by atoms with Gasteiger partial charge in [-0.15, -0.1) is 0 Å². The van der Waals surface area contributed by atoms with E-state index in [9.17, 15) is 27.5 Å². The van der Waals surface area contributed by atoms with Crippen molar-refractivity contribution < 1.29 is 27.5 Å². The molecule has 0 saturated carbocycles. The molecule has 3 aromatic carbocycles. The highest BCUT2D eigenvalue weighted by molar-refractivity contribution is 6.01. The van der Waals surface area contributed by atoms with Crippen LogP contribution in [-0.4, -0.2) is 42.3 Å². The van der Waals surface area contributed by atoms with Crippen LogP contribution in [0, 0.1) is 5.92 Å². The standard InChI is InChI=1S/C34H35F4NO2/c1-2-27-29(7-4-9-31(27)34(36,37)38)30-8-3-6-25-19-26(33(40)41)14-15-28(25)32(30)24-12-10-22(11-13-24)18-23-20-39(21-23)17-5-16-35/h4,7,9-15,19,23H,2-3,5-6,8,16-18,20-21H2,1H3,(H,40,41). The monoisotopic (exact) mass is 565 g/mol. The molecule has 7 heteroatoms. The van der Waals surface area contributed by atoms with E-state index in [4.69, 9.17) is 0 Å². The number of carbonyl (C=O) groups is 1. The van der Waals surface area contributed by atoms with Crippen molar-refractivity contribution >= 4 is 17.1 Å². The molecule has 1 aliphatic carbocycles. The lowest BCUT2D eigenvalue weighted by molar-refractivity contribution is -0.138. The van der Waals surface area contributed by atoms with Crippen molar-refractivity contribution in [2.24, 2.45) is 5.92 Å². The highest BCUT2D eigenvalue weighted by Gasteiger charge is 2.34. The molecule has 1 N–H and O–H groups in total. The molecule has 3 aromatic rings. The first-order valence-electron chi connectivity index (χ1n) is 14.4. The highest BCUT2D eigenvalue weighted by atomic mass is 19.4. The summed E-state index contributed by atoms with van der Waals surface area (Å²) in [5.74, 6) is -0.474. The summed E-state index contributed by atoms with van der Waals surface area (Å²) in [6.07, 6.45) is -0.791. The summed E-state index contributed by atoms with van der Waals surface area (Å²) >= 11 is 0. The van der Waals surface area contributed by atoms with Crippen LogP contribution < -0.4 is 0 Å². The second-order valence-electron chi connectivity index (χ2n) is 11.1. The number of carboxylic acid groups (broad SMARTS) is 1. The summed E-state index contributed by atoms with van der Waals surface area (Å²) < 4.78 is 54.5. The van der Waals surface area contributed by atoms with Gasteiger partial charge in [-0.25, -0.2) is 4.79 Å². The lowest BCUT2D eigenvalue weighted by atomic mass is 9.83. The van der Waals surface area contributed by atoms with E-state index in [1.165, 1.54) is 11.6 Å². The molecule has 216 valence electrons. The lowest BCUT2D eigenvalue weighted by Gasteiger charge is -2.39. The first-order chi connectivity index (χ1) is 19.7. The molecule has 0 amide bonds.